The quantitative estimate of drug-likeness (QED) is 0.264. The van der Waals surface area contributed by atoms with Crippen LogP contribution in [0.3, 0.4) is 0 Å². The molecule has 190 valence electrons. The molecule has 2 aromatic heterocycles. The smallest absolute Gasteiger partial charge is 0.336 e. The Morgan fingerprint density at radius 3 is 2.45 bits per heavy atom. The summed E-state index contributed by atoms with van der Waals surface area (Å²) in [5.74, 6) is -1.06. The lowest BCUT2D eigenvalue weighted by Gasteiger charge is -2.14. The molecule has 6 nitrogen and oxygen atoms in total. The Morgan fingerprint density at radius 1 is 0.974 bits per heavy atom. The normalized spacial score (nSPS) is 11.9. The average molecular weight is 504 g/mol. The van der Waals surface area contributed by atoms with E-state index in [0.717, 1.165) is 38.9 Å². The highest BCUT2D eigenvalue weighted by Crippen LogP contribution is 2.29. The molecule has 0 saturated heterocycles. The highest BCUT2D eigenvalue weighted by atomic mass is 16.4. The van der Waals surface area contributed by atoms with E-state index in [4.69, 9.17) is 0 Å². The van der Waals surface area contributed by atoms with E-state index < -0.39 is 5.97 Å². The lowest BCUT2D eigenvalue weighted by atomic mass is 9.99. The molecule has 2 heterocycles. The van der Waals surface area contributed by atoms with E-state index >= 15 is 0 Å². The van der Waals surface area contributed by atoms with E-state index in [1.807, 2.05) is 73.7 Å². The monoisotopic (exact) mass is 503 g/mol. The maximum absolute atomic E-state index is 13.0. The minimum absolute atomic E-state index is 0.120. The lowest BCUT2D eigenvalue weighted by molar-refractivity contribution is 0.0697. The molecule has 0 aliphatic heterocycles. The summed E-state index contributed by atoms with van der Waals surface area (Å²) in [4.78, 5) is 28.8. The van der Waals surface area contributed by atoms with E-state index in [9.17, 15) is 14.7 Å². The van der Waals surface area contributed by atoms with Crippen LogP contribution in [0, 0.1) is 13.8 Å². The maximum atomic E-state index is 13.0. The van der Waals surface area contributed by atoms with Crippen molar-refractivity contribution in [1.82, 2.24) is 14.9 Å². The summed E-state index contributed by atoms with van der Waals surface area (Å²) >= 11 is 0. The third kappa shape index (κ3) is 4.81. The fourth-order valence-electron chi connectivity index (χ4n) is 4.88. The van der Waals surface area contributed by atoms with Gasteiger partial charge in [-0.1, -0.05) is 48.5 Å². The van der Waals surface area contributed by atoms with Crippen molar-refractivity contribution < 1.29 is 14.7 Å². The third-order valence-corrected chi connectivity index (χ3v) is 7.20. The highest BCUT2D eigenvalue weighted by Gasteiger charge is 2.17. The molecule has 38 heavy (non-hydrogen) atoms. The Hall–Kier alpha value is -4.71. The molecule has 0 saturated carbocycles. The first kappa shape index (κ1) is 25.0. The van der Waals surface area contributed by atoms with Crippen LogP contribution in [-0.4, -0.2) is 26.5 Å². The predicted octanol–water partition coefficient (Wildman–Crippen LogP) is 6.56. The van der Waals surface area contributed by atoms with Crippen LogP contribution in [0.2, 0.25) is 0 Å². The Labute approximate surface area is 221 Å². The van der Waals surface area contributed by atoms with Gasteiger partial charge in [0, 0.05) is 41.1 Å². The lowest BCUT2D eigenvalue weighted by Crippen LogP contribution is -2.26. The summed E-state index contributed by atoms with van der Waals surface area (Å²) in [6, 6.07) is 24.6. The Morgan fingerprint density at radius 2 is 1.74 bits per heavy atom. The molecular weight excluding hydrogens is 474 g/mol. The first-order chi connectivity index (χ1) is 18.3. The van der Waals surface area contributed by atoms with Crippen LogP contribution in [0.15, 0.2) is 91.3 Å². The van der Waals surface area contributed by atoms with Crippen molar-refractivity contribution in [3.63, 3.8) is 0 Å². The molecule has 0 aliphatic carbocycles. The van der Waals surface area contributed by atoms with Gasteiger partial charge in [-0.3, -0.25) is 9.78 Å². The molecule has 2 N–H and O–H groups in total. The number of fused-ring (bicyclic) bond motifs is 1. The molecule has 0 fully saturated rings. The van der Waals surface area contributed by atoms with Gasteiger partial charge in [0.2, 0.25) is 0 Å². The molecule has 0 aliphatic rings. The van der Waals surface area contributed by atoms with Gasteiger partial charge in [0.1, 0.15) is 0 Å². The largest absolute Gasteiger partial charge is 0.478 e. The van der Waals surface area contributed by atoms with Gasteiger partial charge in [-0.25, -0.2) is 4.79 Å². The zero-order chi connectivity index (χ0) is 26.8. The number of nitrogens with one attached hydrogen (secondary N) is 1. The maximum Gasteiger partial charge on any atom is 0.336 e. The summed E-state index contributed by atoms with van der Waals surface area (Å²) in [6.45, 7) is 6.79. The molecule has 0 bridgehead atoms. The number of carbonyl (C=O) groups excluding carboxylic acids is 1. The van der Waals surface area contributed by atoms with E-state index in [2.05, 4.69) is 28.7 Å². The number of aromatic carboxylic acids is 1. The number of pyridine rings is 1. The van der Waals surface area contributed by atoms with Gasteiger partial charge in [-0.2, -0.15) is 0 Å². The molecule has 6 heteroatoms. The zero-order valence-corrected chi connectivity index (χ0v) is 21.6. The number of aryl methyl sites for hydroxylation is 1. The number of aromatic nitrogens is 2. The molecular formula is C32H29N3O3. The second-order valence-corrected chi connectivity index (χ2v) is 9.56. The summed E-state index contributed by atoms with van der Waals surface area (Å²) in [6.07, 6.45) is 3.48. The van der Waals surface area contributed by atoms with E-state index in [1.54, 1.807) is 24.5 Å². The SMILES string of the molecule is Cc1c(C)n(Cc2ccc(-c3ccccc3C(=O)O)cc2)c2ccc(C(=O)N[C@@H](C)c3cccnc3)cc12. The van der Waals surface area contributed by atoms with Crippen molar-refractivity contribution in [3.05, 3.63) is 125 Å². The molecule has 1 atom stereocenters. The molecule has 0 spiro atoms. The second kappa shape index (κ2) is 10.3. The van der Waals surface area contributed by atoms with Gasteiger partial charge in [0.05, 0.1) is 11.6 Å². The Balaban J connectivity index is 1.39. The summed E-state index contributed by atoms with van der Waals surface area (Å²) < 4.78 is 2.25. The summed E-state index contributed by atoms with van der Waals surface area (Å²) in [5.41, 5.74) is 7.89. The van der Waals surface area contributed by atoms with Crippen LogP contribution in [0.25, 0.3) is 22.0 Å². The number of carboxylic acid groups (broad SMARTS) is 1. The Kier molecular flexibility index (Phi) is 6.79. The van der Waals surface area contributed by atoms with E-state index in [1.165, 1.54) is 0 Å². The first-order valence-corrected chi connectivity index (χ1v) is 12.6. The number of carbonyl (C=O) groups is 2. The highest BCUT2D eigenvalue weighted by molar-refractivity contribution is 5.99. The molecule has 1 amide bonds. The van der Waals surface area contributed by atoms with Gasteiger partial charge in [-0.05, 0) is 78.9 Å². The zero-order valence-electron chi connectivity index (χ0n) is 21.6. The van der Waals surface area contributed by atoms with Crippen LogP contribution in [-0.2, 0) is 6.54 Å². The van der Waals surface area contributed by atoms with Gasteiger partial charge >= 0.3 is 5.97 Å². The minimum atomic E-state index is -0.936. The minimum Gasteiger partial charge on any atom is -0.478 e. The standard InChI is InChI=1S/C32H29N3O3/c1-20-22(3)35(19-23-10-12-24(13-11-23)27-8-4-5-9-28(27)32(37)38)30-15-14-25(17-29(20)30)31(36)34-21(2)26-7-6-16-33-18-26/h4-18,21H,19H2,1-3H3,(H,34,36)(H,37,38)/t21-/m0/s1. The van der Waals surface area contributed by atoms with E-state index in [0.29, 0.717) is 17.7 Å². The van der Waals surface area contributed by atoms with Crippen molar-refractivity contribution in [2.24, 2.45) is 0 Å². The van der Waals surface area contributed by atoms with Gasteiger partial charge in [-0.15, -0.1) is 0 Å². The summed E-state index contributed by atoms with van der Waals surface area (Å²) in [5, 5.41) is 13.6. The van der Waals surface area contributed by atoms with E-state index in [-0.39, 0.29) is 17.5 Å². The first-order valence-electron chi connectivity index (χ1n) is 12.6. The van der Waals surface area contributed by atoms with Crippen molar-refractivity contribution >= 4 is 22.8 Å². The fraction of sp³-hybridized carbons (Fsp3) is 0.156. The van der Waals surface area contributed by atoms with Gasteiger partial charge in [0.15, 0.2) is 0 Å². The average Bonchev–Trinajstić information content (AvgIpc) is 3.18. The molecule has 0 unspecified atom stereocenters. The van der Waals surface area contributed by atoms with Gasteiger partial charge in [0.25, 0.3) is 5.91 Å². The predicted molar refractivity (Wildman–Crippen MR) is 149 cm³/mol. The number of hydrogen-bond acceptors (Lipinski definition) is 3. The number of carboxylic acids is 1. The topological polar surface area (TPSA) is 84.2 Å². The number of benzene rings is 3. The number of hydrogen-bond donors (Lipinski definition) is 2. The van der Waals surface area contributed by atoms with Crippen molar-refractivity contribution in [2.75, 3.05) is 0 Å². The Bertz CT molecular complexity index is 1640. The molecule has 0 radical (unpaired) electrons. The van der Waals surface area contributed by atoms with Crippen LogP contribution in [0.5, 0.6) is 0 Å². The molecule has 3 aromatic carbocycles. The molecule has 5 rings (SSSR count). The summed E-state index contributed by atoms with van der Waals surface area (Å²) in [7, 11) is 0. The van der Waals surface area contributed by atoms with Crippen molar-refractivity contribution in [2.45, 2.75) is 33.4 Å². The number of nitrogens with zero attached hydrogens (tertiary/aromatic N) is 2. The van der Waals surface area contributed by atoms with Crippen molar-refractivity contribution in [3.8, 4) is 11.1 Å². The van der Waals surface area contributed by atoms with Crippen molar-refractivity contribution in [1.29, 1.82) is 0 Å². The second-order valence-electron chi connectivity index (χ2n) is 9.56. The molecule has 5 aromatic rings. The van der Waals surface area contributed by atoms with Crippen LogP contribution in [0.4, 0.5) is 0 Å². The van der Waals surface area contributed by atoms with Crippen LogP contribution < -0.4 is 5.32 Å². The number of rotatable bonds is 7. The van der Waals surface area contributed by atoms with Crippen LogP contribution in [0.1, 0.15) is 56.1 Å². The third-order valence-electron chi connectivity index (χ3n) is 7.20. The van der Waals surface area contributed by atoms with Gasteiger partial charge < -0.3 is 15.0 Å². The van der Waals surface area contributed by atoms with Crippen LogP contribution >= 0.6 is 0 Å². The fourth-order valence-corrected chi connectivity index (χ4v) is 4.88. The number of amides is 1.